The summed E-state index contributed by atoms with van der Waals surface area (Å²) in [6.07, 6.45) is 1.08. The molecular weight excluding hydrogens is 246 g/mol. The van der Waals surface area contributed by atoms with Crippen LogP contribution in [-0.2, 0) is 14.6 Å². The van der Waals surface area contributed by atoms with E-state index in [1.54, 1.807) is 0 Å². The van der Waals surface area contributed by atoms with Crippen LogP contribution in [0.4, 0.5) is 0 Å². The van der Waals surface area contributed by atoms with Gasteiger partial charge in [0.15, 0.2) is 21.3 Å². The number of benzene rings is 1. The van der Waals surface area contributed by atoms with Gasteiger partial charge in [0, 0.05) is 12.3 Å². The van der Waals surface area contributed by atoms with E-state index in [1.807, 2.05) is 0 Å². The van der Waals surface area contributed by atoms with Gasteiger partial charge in [0.25, 0.3) is 0 Å². The van der Waals surface area contributed by atoms with Gasteiger partial charge in [-0.3, -0.25) is 4.79 Å². The molecule has 0 spiro atoms. The summed E-state index contributed by atoms with van der Waals surface area (Å²) < 4.78 is 32.4. The molecule has 0 aliphatic heterocycles. The van der Waals surface area contributed by atoms with Crippen LogP contribution in [0.15, 0.2) is 23.1 Å². The number of hydrogen-bond donors (Lipinski definition) is 1. The molecule has 0 heterocycles. The van der Waals surface area contributed by atoms with Crippen molar-refractivity contribution in [1.29, 1.82) is 0 Å². The number of carbonyl (C=O) groups excluding carboxylic acids is 1. The van der Waals surface area contributed by atoms with Crippen molar-refractivity contribution in [2.24, 2.45) is 5.73 Å². The van der Waals surface area contributed by atoms with Crippen LogP contribution >= 0.6 is 0 Å². The fraction of sp³-hybridized carbons (Fsp3) is 0.300. The minimum absolute atomic E-state index is 0.0851. The first-order valence-electron chi connectivity index (χ1n) is 4.67. The van der Waals surface area contributed by atoms with E-state index in [9.17, 15) is 13.2 Å². The van der Waals surface area contributed by atoms with Crippen molar-refractivity contribution in [3.05, 3.63) is 18.2 Å². The predicted octanol–water partition coefficient (Wildman–Crippen LogP) is -0.0372. The molecule has 0 saturated heterocycles. The Bertz CT molecular complexity index is 523. The fourth-order valence-electron chi connectivity index (χ4n) is 1.13. The summed E-state index contributed by atoms with van der Waals surface area (Å²) in [7, 11) is -1.98. The molecule has 1 aromatic rings. The van der Waals surface area contributed by atoms with Crippen molar-refractivity contribution in [2.75, 3.05) is 19.9 Å². The Morgan fingerprint density at radius 1 is 1.35 bits per heavy atom. The first-order chi connectivity index (χ1) is 7.88. The summed E-state index contributed by atoms with van der Waals surface area (Å²) in [6, 6.07) is 3.97. The van der Waals surface area contributed by atoms with Crippen molar-refractivity contribution in [2.45, 2.75) is 4.90 Å². The highest BCUT2D eigenvalue weighted by molar-refractivity contribution is 7.90. The normalized spacial score (nSPS) is 11.0. The number of sulfone groups is 1. The van der Waals surface area contributed by atoms with E-state index >= 15 is 0 Å². The number of rotatable bonds is 4. The van der Waals surface area contributed by atoms with Crippen molar-refractivity contribution >= 4 is 15.8 Å². The van der Waals surface area contributed by atoms with E-state index in [-0.39, 0.29) is 22.9 Å². The molecule has 94 valence electrons. The zero-order valence-electron chi connectivity index (χ0n) is 9.47. The summed E-state index contributed by atoms with van der Waals surface area (Å²) in [6.45, 7) is -0.267. The van der Waals surface area contributed by atoms with Gasteiger partial charge in [0.05, 0.1) is 18.6 Å². The average molecular weight is 259 g/mol. The van der Waals surface area contributed by atoms with Crippen molar-refractivity contribution in [3.63, 3.8) is 0 Å². The quantitative estimate of drug-likeness (QED) is 0.602. The van der Waals surface area contributed by atoms with E-state index in [0.717, 1.165) is 6.26 Å². The Hall–Kier alpha value is -1.60. The monoisotopic (exact) mass is 259 g/mol. The maximum atomic E-state index is 11.3. The number of ether oxygens (including phenoxy) is 2. The van der Waals surface area contributed by atoms with Gasteiger partial charge < -0.3 is 15.2 Å². The molecule has 1 rings (SSSR count). The van der Waals surface area contributed by atoms with Crippen LogP contribution in [0.5, 0.6) is 11.5 Å². The number of carbonyl (C=O) groups is 1. The largest absolute Gasteiger partial charge is 0.493 e. The minimum Gasteiger partial charge on any atom is -0.493 e. The van der Waals surface area contributed by atoms with Crippen LogP contribution in [-0.4, -0.2) is 34.3 Å². The summed E-state index contributed by atoms with van der Waals surface area (Å²) in [4.78, 5) is 11.1. The van der Waals surface area contributed by atoms with E-state index in [0.29, 0.717) is 0 Å². The molecule has 6 nitrogen and oxygen atoms in total. The van der Waals surface area contributed by atoms with Gasteiger partial charge in [-0.05, 0) is 12.1 Å². The number of esters is 1. The third-order valence-corrected chi connectivity index (χ3v) is 3.06. The standard InChI is InChI=1S/C10H13NO5S/c1-15-9-5-7(17(2,13)14)3-4-8(9)16-10(12)6-11/h3-5H,6,11H2,1-2H3. The second-order valence-corrected chi connectivity index (χ2v) is 5.28. The third kappa shape index (κ3) is 3.43. The van der Waals surface area contributed by atoms with Gasteiger partial charge in [-0.1, -0.05) is 0 Å². The minimum atomic E-state index is -3.33. The highest BCUT2D eigenvalue weighted by atomic mass is 32.2. The van der Waals surface area contributed by atoms with E-state index < -0.39 is 15.8 Å². The Labute approximate surface area is 99.2 Å². The molecule has 0 saturated carbocycles. The lowest BCUT2D eigenvalue weighted by atomic mass is 10.3. The van der Waals surface area contributed by atoms with Gasteiger partial charge in [0.2, 0.25) is 0 Å². The van der Waals surface area contributed by atoms with Crippen LogP contribution in [0.2, 0.25) is 0 Å². The molecule has 1 aromatic carbocycles. The molecule has 0 fully saturated rings. The lowest BCUT2D eigenvalue weighted by Gasteiger charge is -2.09. The molecule has 0 amide bonds. The van der Waals surface area contributed by atoms with Gasteiger partial charge in [0.1, 0.15) is 0 Å². The van der Waals surface area contributed by atoms with Crippen molar-refractivity contribution < 1.29 is 22.7 Å². The molecule has 7 heteroatoms. The molecule has 0 aliphatic rings. The molecule has 0 atom stereocenters. The van der Waals surface area contributed by atoms with E-state index in [2.05, 4.69) is 0 Å². The number of hydrogen-bond acceptors (Lipinski definition) is 6. The predicted molar refractivity (Wildman–Crippen MR) is 60.8 cm³/mol. The molecular formula is C10H13NO5S. The first-order valence-corrected chi connectivity index (χ1v) is 6.56. The second-order valence-electron chi connectivity index (χ2n) is 3.26. The van der Waals surface area contributed by atoms with Gasteiger partial charge >= 0.3 is 5.97 Å². The smallest absolute Gasteiger partial charge is 0.325 e. The van der Waals surface area contributed by atoms with Crippen LogP contribution in [0.3, 0.4) is 0 Å². The molecule has 17 heavy (non-hydrogen) atoms. The SMILES string of the molecule is COc1cc(S(C)(=O)=O)ccc1OC(=O)CN. The van der Waals surface area contributed by atoms with Gasteiger partial charge in [-0.2, -0.15) is 0 Å². The van der Waals surface area contributed by atoms with Gasteiger partial charge in [-0.15, -0.1) is 0 Å². The number of methoxy groups -OCH3 is 1. The summed E-state index contributed by atoms with van der Waals surface area (Å²) in [5, 5.41) is 0. The average Bonchev–Trinajstić information content (AvgIpc) is 2.27. The van der Waals surface area contributed by atoms with E-state index in [1.165, 1.54) is 25.3 Å². The third-order valence-electron chi connectivity index (χ3n) is 1.95. The molecule has 2 N–H and O–H groups in total. The Morgan fingerprint density at radius 2 is 2.00 bits per heavy atom. The molecule has 0 aliphatic carbocycles. The van der Waals surface area contributed by atoms with Crippen LogP contribution in [0.1, 0.15) is 0 Å². The van der Waals surface area contributed by atoms with Crippen LogP contribution in [0.25, 0.3) is 0 Å². The number of nitrogens with two attached hydrogens (primary N) is 1. The maximum absolute atomic E-state index is 11.3. The van der Waals surface area contributed by atoms with Gasteiger partial charge in [-0.25, -0.2) is 8.42 Å². The zero-order chi connectivity index (χ0) is 13.1. The Balaban J connectivity index is 3.14. The van der Waals surface area contributed by atoms with Crippen molar-refractivity contribution in [1.82, 2.24) is 0 Å². The maximum Gasteiger partial charge on any atom is 0.325 e. The Morgan fingerprint density at radius 3 is 2.47 bits per heavy atom. The summed E-state index contributed by atoms with van der Waals surface area (Å²) in [5.41, 5.74) is 5.10. The summed E-state index contributed by atoms with van der Waals surface area (Å²) in [5.74, 6) is -0.333. The molecule has 0 unspecified atom stereocenters. The summed E-state index contributed by atoms with van der Waals surface area (Å²) >= 11 is 0. The van der Waals surface area contributed by atoms with E-state index in [4.69, 9.17) is 15.2 Å². The molecule has 0 radical (unpaired) electrons. The fourth-order valence-corrected chi connectivity index (χ4v) is 1.76. The first kappa shape index (κ1) is 13.5. The van der Waals surface area contributed by atoms with Crippen molar-refractivity contribution in [3.8, 4) is 11.5 Å². The second kappa shape index (κ2) is 5.15. The highest BCUT2D eigenvalue weighted by Gasteiger charge is 2.14. The Kier molecular flexibility index (Phi) is 4.08. The molecule has 0 aromatic heterocycles. The lowest BCUT2D eigenvalue weighted by Crippen LogP contribution is -2.19. The highest BCUT2D eigenvalue weighted by Crippen LogP contribution is 2.29. The lowest BCUT2D eigenvalue weighted by molar-refractivity contribution is -0.132. The van der Waals surface area contributed by atoms with Crippen LogP contribution in [0, 0.1) is 0 Å². The van der Waals surface area contributed by atoms with Crippen LogP contribution < -0.4 is 15.2 Å². The topological polar surface area (TPSA) is 95.7 Å². The zero-order valence-corrected chi connectivity index (χ0v) is 10.3. The molecule has 0 bridgehead atoms.